The van der Waals surface area contributed by atoms with Crippen molar-refractivity contribution in [3.63, 3.8) is 0 Å². The maximum absolute atomic E-state index is 6.25. The summed E-state index contributed by atoms with van der Waals surface area (Å²) in [6, 6.07) is 31.3. The first-order valence-electron chi connectivity index (χ1n) is 13.4. The minimum atomic E-state index is 0. The average molecular weight is 730 g/mol. The van der Waals surface area contributed by atoms with Crippen molar-refractivity contribution < 1.29 is 25.8 Å². The fraction of sp³-hybridized carbons (Fsp3) is 0.118. The number of nitrogens with zero attached hydrogens (tertiary/aromatic N) is 6. The van der Waals surface area contributed by atoms with E-state index in [0.717, 1.165) is 44.4 Å². The van der Waals surface area contributed by atoms with Gasteiger partial charge in [0.2, 0.25) is 0 Å². The van der Waals surface area contributed by atoms with Gasteiger partial charge < -0.3 is 9.30 Å². The summed E-state index contributed by atoms with van der Waals surface area (Å²) in [4.78, 5) is 13.0. The zero-order valence-corrected chi connectivity index (χ0v) is 25.5. The smallest absolute Gasteiger partial charge is 0.509 e. The van der Waals surface area contributed by atoms with Crippen LogP contribution in [0.3, 0.4) is 0 Å². The molecule has 208 valence electrons. The number of aromatic nitrogens is 6. The molecule has 8 heteroatoms. The van der Waals surface area contributed by atoms with Crippen molar-refractivity contribution in [2.24, 2.45) is 0 Å². The molecule has 0 atom stereocenters. The molecule has 0 aliphatic heterocycles. The molecule has 0 aliphatic carbocycles. The molecule has 3 aromatic carbocycles. The van der Waals surface area contributed by atoms with Gasteiger partial charge in [0.1, 0.15) is 18.5 Å². The van der Waals surface area contributed by atoms with E-state index in [1.807, 2.05) is 48.7 Å². The molecule has 0 spiro atoms. The molecule has 4 heterocycles. The molecule has 0 amide bonds. The van der Waals surface area contributed by atoms with Gasteiger partial charge in [0.05, 0.1) is 0 Å². The summed E-state index contributed by atoms with van der Waals surface area (Å²) in [5.41, 5.74) is 6.08. The predicted molar refractivity (Wildman–Crippen MR) is 160 cm³/mol. The quantitative estimate of drug-likeness (QED) is 0.172. The number of pyridine rings is 2. The molecule has 0 radical (unpaired) electrons. The van der Waals surface area contributed by atoms with Crippen LogP contribution in [0.25, 0.3) is 44.4 Å². The zero-order chi connectivity index (χ0) is 28.0. The second-order valence-electron chi connectivity index (χ2n) is 10.9. The first-order valence-corrected chi connectivity index (χ1v) is 13.4. The van der Waals surface area contributed by atoms with Gasteiger partial charge >= 0.3 is 21.1 Å². The van der Waals surface area contributed by atoms with Crippen molar-refractivity contribution in [3.8, 4) is 34.1 Å². The van der Waals surface area contributed by atoms with Gasteiger partial charge in [0.25, 0.3) is 0 Å². The van der Waals surface area contributed by atoms with E-state index in [0.29, 0.717) is 11.5 Å². The molecule has 0 aliphatic rings. The maximum atomic E-state index is 6.25. The van der Waals surface area contributed by atoms with E-state index in [-0.39, 0.29) is 26.5 Å². The monoisotopic (exact) mass is 729 g/mol. The molecule has 0 saturated carbocycles. The van der Waals surface area contributed by atoms with Gasteiger partial charge in [-0.3, -0.25) is 4.98 Å². The molecule has 4 aromatic heterocycles. The third-order valence-corrected chi connectivity index (χ3v) is 7.14. The Balaban J connectivity index is 0.00000316. The molecule has 0 unspecified atom stereocenters. The van der Waals surface area contributed by atoms with Crippen molar-refractivity contribution in [2.75, 3.05) is 0 Å². The molecule has 7 nitrogen and oxygen atoms in total. The summed E-state index contributed by atoms with van der Waals surface area (Å²) in [7, 11) is 0. The third kappa shape index (κ3) is 5.12. The summed E-state index contributed by atoms with van der Waals surface area (Å²) in [6.07, 6.45) is 8.60. The Morgan fingerprint density at radius 1 is 0.786 bits per heavy atom. The topological polar surface area (TPSA) is 70.7 Å². The molecule has 0 N–H and O–H groups in total. The van der Waals surface area contributed by atoms with Gasteiger partial charge in [-0.05, 0) is 57.9 Å². The van der Waals surface area contributed by atoms with E-state index in [1.54, 1.807) is 23.4 Å². The van der Waals surface area contributed by atoms with Gasteiger partial charge in [0, 0.05) is 41.2 Å². The van der Waals surface area contributed by atoms with Crippen LogP contribution in [0.2, 0.25) is 0 Å². The minimum Gasteiger partial charge on any atom is -0.509 e. The van der Waals surface area contributed by atoms with Crippen molar-refractivity contribution in [2.45, 2.75) is 26.2 Å². The van der Waals surface area contributed by atoms with Gasteiger partial charge in [0.15, 0.2) is 0 Å². The Morgan fingerprint density at radius 2 is 1.62 bits per heavy atom. The molecular formula is C34H26N6OPt. The van der Waals surface area contributed by atoms with Gasteiger partial charge in [-0.1, -0.05) is 38.4 Å². The van der Waals surface area contributed by atoms with Crippen LogP contribution < -0.4 is 4.74 Å². The Kier molecular flexibility index (Phi) is 7.21. The SMILES string of the molecule is CC(C)(C)c1ccc2c(c1)c1ccc(Oc3[c-]c(-n4cncn4)ccc3)[c-]c1n2-c1ccc(-c2ccncc2)cn1.[Pt+2]. The van der Waals surface area contributed by atoms with Crippen molar-refractivity contribution in [1.82, 2.24) is 29.3 Å². The number of fused-ring (bicyclic) bond motifs is 3. The molecule has 42 heavy (non-hydrogen) atoms. The van der Waals surface area contributed by atoms with Crippen molar-refractivity contribution >= 4 is 21.8 Å². The number of ether oxygens (including phenoxy) is 1. The summed E-state index contributed by atoms with van der Waals surface area (Å²) in [6.45, 7) is 6.69. The molecular weight excluding hydrogens is 703 g/mol. The van der Waals surface area contributed by atoms with E-state index >= 15 is 0 Å². The van der Waals surface area contributed by atoms with E-state index in [1.165, 1.54) is 11.9 Å². The standard InChI is InChI=1S/C34H26N6O.Pt/c1-34(2,3)25-8-11-31-30(17-25)29-10-9-28(41-27-6-4-5-26(18-27)39-22-36-21-38-39)19-32(29)40(31)33-12-7-24(20-37-33)23-13-15-35-16-14-23;/h4-17,20-22H,1-3H3;/q-2;+2. The van der Waals surface area contributed by atoms with Crippen LogP contribution in [-0.2, 0) is 26.5 Å². The van der Waals surface area contributed by atoms with Crippen molar-refractivity contribution in [3.05, 3.63) is 122 Å². The van der Waals surface area contributed by atoms with E-state index in [4.69, 9.17) is 9.72 Å². The van der Waals surface area contributed by atoms with E-state index in [2.05, 4.69) is 82.9 Å². The van der Waals surface area contributed by atoms with Crippen molar-refractivity contribution in [1.29, 1.82) is 0 Å². The Hall–Kier alpha value is -4.61. The van der Waals surface area contributed by atoms with Crippen LogP contribution in [0.5, 0.6) is 11.5 Å². The van der Waals surface area contributed by atoms with Crippen LogP contribution in [0.1, 0.15) is 26.3 Å². The first kappa shape index (κ1) is 27.6. The Bertz CT molecular complexity index is 1990. The fourth-order valence-corrected chi connectivity index (χ4v) is 5.00. The van der Waals surface area contributed by atoms with E-state index < -0.39 is 0 Å². The van der Waals surface area contributed by atoms with Crippen LogP contribution >= 0.6 is 0 Å². The van der Waals surface area contributed by atoms with Gasteiger partial charge in [-0.25, -0.2) is 14.6 Å². The molecule has 0 bridgehead atoms. The first-order chi connectivity index (χ1) is 19.9. The summed E-state index contributed by atoms with van der Waals surface area (Å²) < 4.78 is 10.0. The minimum absolute atomic E-state index is 0. The van der Waals surface area contributed by atoms with Crippen LogP contribution in [-0.4, -0.2) is 29.3 Å². The van der Waals surface area contributed by atoms with E-state index in [9.17, 15) is 0 Å². The number of hydrogen-bond donors (Lipinski definition) is 0. The largest absolute Gasteiger partial charge is 2.00 e. The number of rotatable bonds is 5. The summed E-state index contributed by atoms with van der Waals surface area (Å²) >= 11 is 0. The fourth-order valence-electron chi connectivity index (χ4n) is 5.00. The van der Waals surface area contributed by atoms with Crippen LogP contribution in [0.15, 0.2) is 104 Å². The second kappa shape index (κ2) is 11.0. The molecule has 0 fully saturated rings. The number of benzene rings is 3. The molecule has 0 saturated heterocycles. The third-order valence-electron chi connectivity index (χ3n) is 7.14. The average Bonchev–Trinajstić information content (AvgIpc) is 3.64. The summed E-state index contributed by atoms with van der Waals surface area (Å²) in [5, 5.41) is 6.42. The molecule has 7 aromatic rings. The normalized spacial score (nSPS) is 11.5. The zero-order valence-electron chi connectivity index (χ0n) is 23.2. The predicted octanol–water partition coefficient (Wildman–Crippen LogP) is 7.51. The Labute approximate surface area is 258 Å². The summed E-state index contributed by atoms with van der Waals surface area (Å²) in [5.74, 6) is 1.95. The Morgan fingerprint density at radius 3 is 2.36 bits per heavy atom. The van der Waals surface area contributed by atoms with Crippen LogP contribution in [0, 0.1) is 12.1 Å². The number of hydrogen-bond acceptors (Lipinski definition) is 5. The van der Waals surface area contributed by atoms with Crippen LogP contribution in [0.4, 0.5) is 0 Å². The second-order valence-corrected chi connectivity index (χ2v) is 10.9. The maximum Gasteiger partial charge on any atom is 2.00 e. The van der Waals surface area contributed by atoms with Gasteiger partial charge in [-0.2, -0.15) is 17.2 Å². The van der Waals surface area contributed by atoms with Gasteiger partial charge in [-0.15, -0.1) is 35.7 Å². The molecule has 7 rings (SSSR count).